The third-order valence-electron chi connectivity index (χ3n) is 5.65. The maximum absolute atomic E-state index is 14.0. The Kier molecular flexibility index (Phi) is 5.41. The molecule has 0 aliphatic rings. The Morgan fingerprint density at radius 1 is 0.969 bits per heavy atom. The number of nitrogens with zero attached hydrogens (tertiary/aromatic N) is 2. The van der Waals surface area contributed by atoms with Crippen molar-refractivity contribution < 1.29 is 4.39 Å². The van der Waals surface area contributed by atoms with Crippen LogP contribution < -0.4 is 5.56 Å². The van der Waals surface area contributed by atoms with Gasteiger partial charge in [-0.1, -0.05) is 60.7 Å². The van der Waals surface area contributed by atoms with Crippen molar-refractivity contribution in [1.82, 2.24) is 9.55 Å². The van der Waals surface area contributed by atoms with Crippen LogP contribution in [0, 0.1) is 12.7 Å². The first-order chi connectivity index (χ1) is 15.6. The highest BCUT2D eigenvalue weighted by Gasteiger charge is 2.19. The fourth-order valence-corrected chi connectivity index (χ4v) is 5.04. The molecule has 0 N–H and O–H groups in total. The van der Waals surface area contributed by atoms with E-state index < -0.39 is 0 Å². The number of fused-ring (bicyclic) bond motifs is 1. The minimum absolute atomic E-state index is 0.101. The maximum atomic E-state index is 14.0. The molecule has 5 aromatic rings. The fraction of sp³-hybridized carbons (Fsp3) is 0.111. The highest BCUT2D eigenvalue weighted by atomic mass is 32.1. The molecule has 2 heterocycles. The summed E-state index contributed by atoms with van der Waals surface area (Å²) in [4.78, 5) is 18.7. The van der Waals surface area contributed by atoms with Gasteiger partial charge in [0.15, 0.2) is 0 Å². The van der Waals surface area contributed by atoms with Crippen LogP contribution in [0.15, 0.2) is 89.0 Å². The van der Waals surface area contributed by atoms with Gasteiger partial charge in [-0.2, -0.15) is 0 Å². The number of rotatable bonds is 5. The second-order valence-electron chi connectivity index (χ2n) is 7.74. The standard InChI is InChI=1S/C27H21FN2OS/c1-18-25(23-17-32-24-13-6-5-12-22(23)24)27(31)30(15-14-19-8-3-2-4-9-19)26(29-18)20-10-7-11-21(28)16-20/h2-13,16-17H,14-15H2,1H3. The topological polar surface area (TPSA) is 34.9 Å². The number of hydrogen-bond donors (Lipinski definition) is 0. The molecule has 3 nitrogen and oxygen atoms in total. The van der Waals surface area contributed by atoms with E-state index in [9.17, 15) is 9.18 Å². The van der Waals surface area contributed by atoms with E-state index in [1.807, 2.05) is 60.8 Å². The Bertz CT molecular complexity index is 1470. The van der Waals surface area contributed by atoms with Crippen molar-refractivity contribution in [3.63, 3.8) is 0 Å². The van der Waals surface area contributed by atoms with Gasteiger partial charge in [-0.3, -0.25) is 9.36 Å². The molecule has 0 atom stereocenters. The third kappa shape index (κ3) is 3.76. The van der Waals surface area contributed by atoms with E-state index in [1.54, 1.807) is 28.0 Å². The van der Waals surface area contributed by atoms with Gasteiger partial charge in [-0.15, -0.1) is 11.3 Å². The van der Waals surface area contributed by atoms with Gasteiger partial charge in [0.1, 0.15) is 11.6 Å². The van der Waals surface area contributed by atoms with Gasteiger partial charge in [0.25, 0.3) is 5.56 Å². The fourth-order valence-electron chi connectivity index (χ4n) is 4.08. The molecule has 0 unspecified atom stereocenters. The third-order valence-corrected chi connectivity index (χ3v) is 6.61. The SMILES string of the molecule is Cc1nc(-c2cccc(F)c2)n(CCc2ccccc2)c(=O)c1-c1csc2ccccc12. The number of aromatic nitrogens is 2. The van der Waals surface area contributed by atoms with Crippen LogP contribution in [0.1, 0.15) is 11.3 Å². The highest BCUT2D eigenvalue weighted by Crippen LogP contribution is 2.34. The maximum Gasteiger partial charge on any atom is 0.261 e. The molecular weight excluding hydrogens is 419 g/mol. The molecule has 0 fully saturated rings. The minimum atomic E-state index is -0.350. The molecule has 0 saturated carbocycles. The molecule has 2 aromatic heterocycles. The van der Waals surface area contributed by atoms with Crippen molar-refractivity contribution in [3.8, 4) is 22.5 Å². The lowest BCUT2D eigenvalue weighted by molar-refractivity contribution is 0.626. The second kappa shape index (κ2) is 8.52. The van der Waals surface area contributed by atoms with Crippen LogP contribution >= 0.6 is 11.3 Å². The summed E-state index contributed by atoms with van der Waals surface area (Å²) in [6.45, 7) is 2.31. The van der Waals surface area contributed by atoms with Crippen LogP contribution in [0.2, 0.25) is 0 Å². The highest BCUT2D eigenvalue weighted by molar-refractivity contribution is 7.17. The van der Waals surface area contributed by atoms with Crippen molar-refractivity contribution in [2.24, 2.45) is 0 Å². The summed E-state index contributed by atoms with van der Waals surface area (Å²) in [6.07, 6.45) is 0.678. The predicted molar refractivity (Wildman–Crippen MR) is 130 cm³/mol. The smallest absolute Gasteiger partial charge is 0.261 e. The molecule has 158 valence electrons. The first-order valence-electron chi connectivity index (χ1n) is 10.5. The van der Waals surface area contributed by atoms with Crippen molar-refractivity contribution in [1.29, 1.82) is 0 Å². The number of hydrogen-bond acceptors (Lipinski definition) is 3. The summed E-state index contributed by atoms with van der Waals surface area (Å²) in [7, 11) is 0. The van der Waals surface area contributed by atoms with Crippen molar-refractivity contribution in [2.45, 2.75) is 19.9 Å². The summed E-state index contributed by atoms with van der Waals surface area (Å²) in [5.41, 5.74) is 3.79. The van der Waals surface area contributed by atoms with Crippen LogP contribution in [-0.4, -0.2) is 9.55 Å². The monoisotopic (exact) mass is 440 g/mol. The van der Waals surface area contributed by atoms with Crippen LogP contribution in [0.3, 0.4) is 0 Å². The molecule has 0 aliphatic heterocycles. The normalized spacial score (nSPS) is 11.2. The summed E-state index contributed by atoms with van der Waals surface area (Å²) >= 11 is 1.62. The van der Waals surface area contributed by atoms with Gasteiger partial charge >= 0.3 is 0 Å². The summed E-state index contributed by atoms with van der Waals surface area (Å²) in [5.74, 6) is 0.142. The lowest BCUT2D eigenvalue weighted by Gasteiger charge is -2.16. The van der Waals surface area contributed by atoms with Gasteiger partial charge in [0.05, 0.1) is 11.3 Å². The van der Waals surface area contributed by atoms with Crippen LogP contribution in [0.4, 0.5) is 4.39 Å². The Hall–Kier alpha value is -3.57. The molecule has 0 spiro atoms. The molecular formula is C27H21FN2OS. The molecule has 0 radical (unpaired) electrons. The second-order valence-corrected chi connectivity index (χ2v) is 8.66. The summed E-state index contributed by atoms with van der Waals surface area (Å²) < 4.78 is 16.8. The summed E-state index contributed by atoms with van der Waals surface area (Å²) in [6, 6.07) is 24.4. The molecule has 3 aromatic carbocycles. The van der Waals surface area contributed by atoms with Gasteiger partial charge in [-0.05, 0) is 37.1 Å². The van der Waals surface area contributed by atoms with E-state index in [2.05, 4.69) is 6.07 Å². The Labute approximate surface area is 189 Å². The Balaban J connectivity index is 1.70. The number of halogens is 1. The van der Waals surface area contributed by atoms with Crippen LogP contribution in [0.25, 0.3) is 32.6 Å². The van der Waals surface area contributed by atoms with Crippen LogP contribution in [0.5, 0.6) is 0 Å². The lowest BCUT2D eigenvalue weighted by atomic mass is 10.0. The number of thiophene rings is 1. The van der Waals surface area contributed by atoms with E-state index >= 15 is 0 Å². The molecule has 0 aliphatic carbocycles. The van der Waals surface area contributed by atoms with Gasteiger partial charge in [-0.25, -0.2) is 9.37 Å². The van der Waals surface area contributed by atoms with Gasteiger partial charge in [0, 0.05) is 33.1 Å². The van der Waals surface area contributed by atoms with Crippen LogP contribution in [-0.2, 0) is 13.0 Å². The van der Waals surface area contributed by atoms with E-state index in [1.165, 1.54) is 12.1 Å². The molecule has 5 heteroatoms. The van der Waals surface area contributed by atoms with E-state index in [0.29, 0.717) is 35.6 Å². The largest absolute Gasteiger partial charge is 0.292 e. The summed E-state index contributed by atoms with van der Waals surface area (Å²) in [5, 5.41) is 3.08. The van der Waals surface area contributed by atoms with Crippen molar-refractivity contribution in [3.05, 3.63) is 112 Å². The Morgan fingerprint density at radius 2 is 1.75 bits per heavy atom. The molecule has 0 saturated heterocycles. The van der Waals surface area contributed by atoms with Crippen molar-refractivity contribution in [2.75, 3.05) is 0 Å². The minimum Gasteiger partial charge on any atom is -0.292 e. The molecule has 32 heavy (non-hydrogen) atoms. The molecule has 0 amide bonds. The van der Waals surface area contributed by atoms with Gasteiger partial charge < -0.3 is 0 Å². The predicted octanol–water partition coefficient (Wildman–Crippen LogP) is 6.48. The number of benzene rings is 3. The zero-order chi connectivity index (χ0) is 22.1. The zero-order valence-corrected chi connectivity index (χ0v) is 18.4. The Morgan fingerprint density at radius 3 is 2.56 bits per heavy atom. The lowest BCUT2D eigenvalue weighted by Crippen LogP contribution is -2.27. The van der Waals surface area contributed by atoms with Gasteiger partial charge in [0.2, 0.25) is 0 Å². The van der Waals surface area contributed by atoms with E-state index in [4.69, 9.17) is 4.98 Å². The molecule has 5 rings (SSSR count). The quantitative estimate of drug-likeness (QED) is 0.313. The average Bonchev–Trinajstić information content (AvgIpc) is 3.23. The van der Waals surface area contributed by atoms with Crippen molar-refractivity contribution >= 4 is 21.4 Å². The van der Waals surface area contributed by atoms with E-state index in [-0.39, 0.29) is 11.4 Å². The first kappa shape index (κ1) is 20.3. The first-order valence-corrected chi connectivity index (χ1v) is 11.4. The molecule has 0 bridgehead atoms. The van der Waals surface area contributed by atoms with E-state index in [0.717, 1.165) is 21.2 Å². The average molecular weight is 441 g/mol. The number of aryl methyl sites for hydroxylation is 2. The zero-order valence-electron chi connectivity index (χ0n) is 17.6.